The molecule has 0 unspecified atom stereocenters. The minimum Gasteiger partial charge on any atom is -0.352 e. The zero-order valence-electron chi connectivity index (χ0n) is 13.7. The van der Waals surface area contributed by atoms with Crippen molar-refractivity contribution in [1.29, 1.82) is 0 Å². The van der Waals surface area contributed by atoms with Crippen molar-refractivity contribution in [3.05, 3.63) is 77.2 Å². The van der Waals surface area contributed by atoms with Crippen LogP contribution in [0.4, 0.5) is 30.6 Å². The van der Waals surface area contributed by atoms with Gasteiger partial charge in [-0.3, -0.25) is 0 Å². The van der Waals surface area contributed by atoms with Crippen molar-refractivity contribution < 1.29 is 13.2 Å². The third-order valence-corrected chi connectivity index (χ3v) is 4.38. The first kappa shape index (κ1) is 16.4. The van der Waals surface area contributed by atoms with E-state index in [1.807, 2.05) is 12.1 Å². The normalized spacial score (nSPS) is 13.4. The zero-order chi connectivity index (χ0) is 18.1. The van der Waals surface area contributed by atoms with Crippen LogP contribution in [0.25, 0.3) is 0 Å². The average Bonchev–Trinajstić information content (AvgIpc) is 2.68. The average molecular weight is 356 g/mol. The number of hydrogen-bond acceptors (Lipinski definition) is 4. The fraction of sp³-hybridized carbons (Fsp3) is 0.158. The summed E-state index contributed by atoms with van der Waals surface area (Å²) in [5.41, 5.74) is 2.34. The van der Waals surface area contributed by atoms with Crippen LogP contribution < -0.4 is 10.2 Å². The van der Waals surface area contributed by atoms with Crippen molar-refractivity contribution in [2.24, 2.45) is 0 Å². The number of halogens is 3. The van der Waals surface area contributed by atoms with E-state index < -0.39 is 17.5 Å². The number of aromatic nitrogens is 2. The Hall–Kier alpha value is -3.09. The van der Waals surface area contributed by atoms with E-state index in [1.54, 1.807) is 12.3 Å². The van der Waals surface area contributed by atoms with E-state index in [4.69, 9.17) is 0 Å². The molecule has 3 aromatic rings. The summed E-state index contributed by atoms with van der Waals surface area (Å²) in [5, 5.41) is 2.61. The molecule has 1 aliphatic heterocycles. The maximum absolute atomic E-state index is 13.8. The van der Waals surface area contributed by atoms with Gasteiger partial charge < -0.3 is 10.2 Å². The maximum atomic E-state index is 13.8. The van der Waals surface area contributed by atoms with E-state index in [0.717, 1.165) is 25.1 Å². The molecule has 0 spiro atoms. The Kier molecular flexibility index (Phi) is 4.20. The Balaban J connectivity index is 1.57. The Morgan fingerprint density at radius 2 is 1.73 bits per heavy atom. The van der Waals surface area contributed by atoms with Crippen molar-refractivity contribution in [2.45, 2.75) is 13.0 Å². The highest BCUT2D eigenvalue weighted by Gasteiger charge is 2.18. The minimum absolute atomic E-state index is 0.117. The van der Waals surface area contributed by atoms with Gasteiger partial charge in [-0.15, -0.1) is 0 Å². The van der Waals surface area contributed by atoms with Crippen LogP contribution in [0.15, 0.2) is 48.7 Å². The summed E-state index contributed by atoms with van der Waals surface area (Å²) >= 11 is 0. The second kappa shape index (κ2) is 6.67. The summed E-state index contributed by atoms with van der Waals surface area (Å²) < 4.78 is 40.2. The van der Waals surface area contributed by atoms with E-state index in [9.17, 15) is 13.2 Å². The molecule has 0 bridgehead atoms. The van der Waals surface area contributed by atoms with Crippen molar-refractivity contribution in [1.82, 2.24) is 9.97 Å². The van der Waals surface area contributed by atoms with E-state index in [1.165, 1.54) is 11.1 Å². The Morgan fingerprint density at radius 1 is 0.923 bits per heavy atom. The van der Waals surface area contributed by atoms with Gasteiger partial charge in [-0.05, 0) is 35.7 Å². The number of nitrogens with zero attached hydrogens (tertiary/aromatic N) is 3. The number of fused-ring (bicyclic) bond motifs is 1. The molecule has 7 heteroatoms. The largest absolute Gasteiger partial charge is 0.352 e. The number of hydrogen-bond donors (Lipinski definition) is 1. The molecular formula is C19H15F3N4. The summed E-state index contributed by atoms with van der Waals surface area (Å²) in [6, 6.07) is 12.0. The first-order valence-corrected chi connectivity index (χ1v) is 8.17. The molecule has 0 saturated heterocycles. The summed E-state index contributed by atoms with van der Waals surface area (Å²) in [4.78, 5) is 10.5. The van der Waals surface area contributed by atoms with E-state index in [2.05, 4.69) is 32.3 Å². The summed E-state index contributed by atoms with van der Waals surface area (Å²) in [5.74, 6) is -3.27. The first-order valence-electron chi connectivity index (χ1n) is 8.17. The molecule has 1 N–H and O–H groups in total. The van der Waals surface area contributed by atoms with E-state index in [0.29, 0.717) is 12.4 Å². The van der Waals surface area contributed by atoms with Gasteiger partial charge in [-0.2, -0.15) is 4.98 Å². The minimum atomic E-state index is -1.53. The van der Waals surface area contributed by atoms with Crippen LogP contribution in [0.3, 0.4) is 0 Å². The molecule has 4 rings (SSSR count). The zero-order valence-corrected chi connectivity index (χ0v) is 13.7. The highest BCUT2D eigenvalue weighted by Crippen LogP contribution is 2.25. The molecule has 0 amide bonds. The van der Waals surface area contributed by atoms with Crippen LogP contribution in [0, 0.1) is 17.5 Å². The van der Waals surface area contributed by atoms with Crippen LogP contribution in [0.2, 0.25) is 0 Å². The maximum Gasteiger partial charge on any atom is 0.229 e. The molecule has 1 aromatic heterocycles. The van der Waals surface area contributed by atoms with Gasteiger partial charge >= 0.3 is 0 Å². The number of benzene rings is 2. The van der Waals surface area contributed by atoms with Crippen LogP contribution in [0.1, 0.15) is 11.1 Å². The second-order valence-electron chi connectivity index (χ2n) is 6.03. The highest BCUT2D eigenvalue weighted by molar-refractivity contribution is 5.56. The van der Waals surface area contributed by atoms with Gasteiger partial charge in [-0.1, -0.05) is 24.3 Å². The predicted molar refractivity (Wildman–Crippen MR) is 92.8 cm³/mol. The molecule has 0 radical (unpaired) electrons. The molecule has 2 heterocycles. The van der Waals surface area contributed by atoms with Crippen LogP contribution in [0.5, 0.6) is 0 Å². The number of rotatable bonds is 3. The third-order valence-electron chi connectivity index (χ3n) is 4.38. The van der Waals surface area contributed by atoms with E-state index in [-0.39, 0.29) is 11.6 Å². The van der Waals surface area contributed by atoms with Crippen LogP contribution in [-0.2, 0) is 13.0 Å². The lowest BCUT2D eigenvalue weighted by Crippen LogP contribution is -2.31. The van der Waals surface area contributed by atoms with Crippen molar-refractivity contribution >= 4 is 17.5 Å². The number of anilines is 3. The van der Waals surface area contributed by atoms with Gasteiger partial charge in [0.05, 0.1) is 5.69 Å². The van der Waals surface area contributed by atoms with Crippen LogP contribution in [-0.4, -0.2) is 16.5 Å². The lowest BCUT2D eigenvalue weighted by Gasteiger charge is -2.29. The van der Waals surface area contributed by atoms with Gasteiger partial charge in [0.2, 0.25) is 5.95 Å². The van der Waals surface area contributed by atoms with Gasteiger partial charge in [0, 0.05) is 19.3 Å². The quantitative estimate of drug-likeness (QED) is 0.714. The summed E-state index contributed by atoms with van der Waals surface area (Å²) in [7, 11) is 0. The lowest BCUT2D eigenvalue weighted by atomic mass is 10.00. The molecule has 0 atom stereocenters. The molecule has 0 saturated carbocycles. The van der Waals surface area contributed by atoms with Gasteiger partial charge in [0.15, 0.2) is 17.5 Å². The molecule has 132 valence electrons. The SMILES string of the molecule is Fc1ccc(Nc2nccc(N3CCc4ccccc4C3)n2)c(F)c1F. The Bertz CT molecular complexity index is 961. The fourth-order valence-corrected chi connectivity index (χ4v) is 3.02. The molecule has 0 fully saturated rings. The third kappa shape index (κ3) is 3.08. The fourth-order valence-electron chi connectivity index (χ4n) is 3.02. The smallest absolute Gasteiger partial charge is 0.229 e. The lowest BCUT2D eigenvalue weighted by molar-refractivity contribution is 0.449. The molecule has 0 aliphatic carbocycles. The van der Waals surface area contributed by atoms with Crippen molar-refractivity contribution in [2.75, 3.05) is 16.8 Å². The van der Waals surface area contributed by atoms with Crippen molar-refractivity contribution in [3.8, 4) is 0 Å². The Labute approximate surface area is 148 Å². The first-order chi connectivity index (χ1) is 12.6. The summed E-state index contributed by atoms with van der Waals surface area (Å²) in [6.07, 6.45) is 2.45. The predicted octanol–water partition coefficient (Wildman–Crippen LogP) is 4.20. The van der Waals surface area contributed by atoms with Crippen LogP contribution >= 0.6 is 0 Å². The molecule has 4 nitrogen and oxygen atoms in total. The van der Waals surface area contributed by atoms with E-state index >= 15 is 0 Å². The van der Waals surface area contributed by atoms with Gasteiger partial charge in [-0.25, -0.2) is 18.2 Å². The number of nitrogens with one attached hydrogen (secondary N) is 1. The van der Waals surface area contributed by atoms with Gasteiger partial charge in [0.25, 0.3) is 0 Å². The Morgan fingerprint density at radius 3 is 2.58 bits per heavy atom. The molecule has 2 aromatic carbocycles. The highest BCUT2D eigenvalue weighted by atomic mass is 19.2. The monoisotopic (exact) mass is 356 g/mol. The molecule has 1 aliphatic rings. The van der Waals surface area contributed by atoms with Crippen molar-refractivity contribution in [3.63, 3.8) is 0 Å². The second-order valence-corrected chi connectivity index (χ2v) is 6.03. The molecular weight excluding hydrogens is 341 g/mol. The van der Waals surface area contributed by atoms with Gasteiger partial charge in [0.1, 0.15) is 5.82 Å². The summed E-state index contributed by atoms with van der Waals surface area (Å²) in [6.45, 7) is 1.51. The standard InChI is InChI=1S/C19H15F3N4/c20-14-5-6-15(18(22)17(14)21)24-19-23-9-7-16(25-19)26-10-8-12-3-1-2-4-13(12)11-26/h1-7,9H,8,10-11H2,(H,23,24,25). The molecule has 26 heavy (non-hydrogen) atoms. The topological polar surface area (TPSA) is 41.1 Å².